The first-order valence-corrected chi connectivity index (χ1v) is 4.80. The molecule has 0 aliphatic heterocycles. The van der Waals surface area contributed by atoms with Gasteiger partial charge in [-0.3, -0.25) is 0 Å². The van der Waals surface area contributed by atoms with Gasteiger partial charge in [-0.2, -0.15) is 0 Å². The molecule has 3 N–H and O–H groups in total. The van der Waals surface area contributed by atoms with Crippen molar-refractivity contribution in [2.24, 2.45) is 0 Å². The zero-order chi connectivity index (χ0) is 12.4. The summed E-state index contributed by atoms with van der Waals surface area (Å²) in [4.78, 5) is 10.8. The van der Waals surface area contributed by atoms with Gasteiger partial charge in [0.2, 0.25) is 0 Å². The van der Waals surface area contributed by atoms with Crippen molar-refractivity contribution in [1.82, 2.24) is 0 Å². The van der Waals surface area contributed by atoms with Gasteiger partial charge in [-0.15, -0.1) is 0 Å². The monoisotopic (exact) mass is 238 g/mol. The van der Waals surface area contributed by atoms with Crippen LogP contribution in [0.2, 0.25) is 0 Å². The van der Waals surface area contributed by atoms with E-state index in [1.807, 2.05) is 0 Å². The lowest BCUT2D eigenvalue weighted by Gasteiger charge is -2.17. The van der Waals surface area contributed by atoms with Crippen LogP contribution >= 0.6 is 0 Å². The third-order valence-electron chi connectivity index (χ3n) is 1.60. The zero-order valence-electron chi connectivity index (χ0n) is 9.16. The molecule has 0 aliphatic rings. The Morgan fingerprint density at radius 1 is 1.25 bits per heavy atom. The lowest BCUT2D eigenvalue weighted by Crippen LogP contribution is -2.31. The predicted molar refractivity (Wildman–Crippen MR) is 52.8 cm³/mol. The highest BCUT2D eigenvalue weighted by Gasteiger charge is 2.14. The summed E-state index contributed by atoms with van der Waals surface area (Å²) >= 11 is 0. The van der Waals surface area contributed by atoms with Crippen molar-refractivity contribution in [1.29, 1.82) is 0 Å². The van der Waals surface area contributed by atoms with Crippen LogP contribution in [-0.4, -0.2) is 73.6 Å². The normalized spacial score (nSPS) is 14.5. The molecule has 0 spiro atoms. The molecule has 0 aliphatic carbocycles. The quantitative estimate of drug-likeness (QED) is 0.395. The summed E-state index contributed by atoms with van der Waals surface area (Å²) in [6, 6.07) is 0. The number of methoxy groups -OCH3 is 1. The number of carbonyl (C=O) groups excluding carboxylic acids is 1. The zero-order valence-corrected chi connectivity index (χ0v) is 9.16. The number of hydrogen-bond donors (Lipinski definition) is 3. The molecular formula is C9H18O7. The Hall–Kier alpha value is -0.730. The fraction of sp³-hybridized carbons (Fsp3) is 0.889. The summed E-state index contributed by atoms with van der Waals surface area (Å²) < 4.78 is 14.6. The highest BCUT2D eigenvalue weighted by Crippen LogP contribution is 1.96. The fourth-order valence-corrected chi connectivity index (χ4v) is 0.913. The number of esters is 1. The predicted octanol–water partition coefficient (Wildman–Crippen LogP) is -2.09. The molecule has 0 amide bonds. The van der Waals surface area contributed by atoms with Crippen LogP contribution in [-0.2, 0) is 19.0 Å². The third-order valence-corrected chi connectivity index (χ3v) is 1.60. The van der Waals surface area contributed by atoms with Crippen LogP contribution in [0.25, 0.3) is 0 Å². The van der Waals surface area contributed by atoms with E-state index in [2.05, 4.69) is 0 Å². The van der Waals surface area contributed by atoms with Gasteiger partial charge in [0.1, 0.15) is 18.8 Å². The minimum Gasteiger partial charge on any atom is -0.456 e. The Bertz CT molecular complexity index is 185. The second-order valence-corrected chi connectivity index (χ2v) is 3.10. The second-order valence-electron chi connectivity index (χ2n) is 3.10. The highest BCUT2D eigenvalue weighted by atomic mass is 16.6. The fourth-order valence-electron chi connectivity index (χ4n) is 0.913. The Balaban J connectivity index is 3.79. The lowest BCUT2D eigenvalue weighted by atomic mass is 10.4. The van der Waals surface area contributed by atoms with Crippen LogP contribution in [0.4, 0.5) is 0 Å². The van der Waals surface area contributed by atoms with Gasteiger partial charge in [0.25, 0.3) is 0 Å². The van der Waals surface area contributed by atoms with Crippen molar-refractivity contribution in [2.75, 3.05) is 40.1 Å². The van der Waals surface area contributed by atoms with Crippen LogP contribution < -0.4 is 0 Å². The third kappa shape index (κ3) is 7.55. The number of aliphatic hydroxyl groups is 3. The summed E-state index contributed by atoms with van der Waals surface area (Å²) in [5, 5.41) is 26.0. The Kier molecular flexibility index (Phi) is 9.06. The topological polar surface area (TPSA) is 105 Å². The lowest BCUT2D eigenvalue weighted by molar-refractivity contribution is -0.159. The van der Waals surface area contributed by atoms with Crippen molar-refractivity contribution in [3.05, 3.63) is 0 Å². The van der Waals surface area contributed by atoms with Gasteiger partial charge in [-0.05, 0) is 0 Å². The minimum absolute atomic E-state index is 0.0244. The van der Waals surface area contributed by atoms with Crippen LogP contribution in [0.3, 0.4) is 0 Å². The van der Waals surface area contributed by atoms with E-state index in [4.69, 9.17) is 29.5 Å². The molecule has 0 aromatic heterocycles. The summed E-state index contributed by atoms with van der Waals surface area (Å²) in [5.41, 5.74) is 0. The van der Waals surface area contributed by atoms with E-state index in [1.54, 1.807) is 0 Å². The molecule has 0 radical (unpaired) electrons. The summed E-state index contributed by atoms with van der Waals surface area (Å²) in [7, 11) is 1.43. The first-order valence-electron chi connectivity index (χ1n) is 4.80. The average Bonchev–Trinajstić information content (AvgIpc) is 2.28. The molecule has 0 rings (SSSR count). The van der Waals surface area contributed by atoms with Gasteiger partial charge in [0.05, 0.1) is 26.4 Å². The van der Waals surface area contributed by atoms with Gasteiger partial charge in [0.15, 0.2) is 0 Å². The van der Waals surface area contributed by atoms with Crippen molar-refractivity contribution < 1.29 is 34.3 Å². The molecule has 0 saturated carbocycles. The minimum atomic E-state index is -0.961. The maximum absolute atomic E-state index is 10.8. The standard InChI is InChI=1S/C9H18O7/c1-14-5-8(16-9(13)3-11)6-15-4-7(12)2-10/h7-8,10-12H,2-6H2,1H3. The number of ether oxygens (including phenoxy) is 3. The Morgan fingerprint density at radius 2 is 1.94 bits per heavy atom. The average molecular weight is 238 g/mol. The molecule has 0 fully saturated rings. The molecule has 0 aromatic rings. The first kappa shape index (κ1) is 15.3. The van der Waals surface area contributed by atoms with Gasteiger partial charge in [0, 0.05) is 7.11 Å². The van der Waals surface area contributed by atoms with E-state index in [0.29, 0.717) is 0 Å². The first-order chi connectivity index (χ1) is 7.63. The van der Waals surface area contributed by atoms with Crippen LogP contribution in [0, 0.1) is 0 Å². The molecular weight excluding hydrogens is 220 g/mol. The van der Waals surface area contributed by atoms with Crippen molar-refractivity contribution in [3.8, 4) is 0 Å². The summed E-state index contributed by atoms with van der Waals surface area (Å²) in [6.07, 6.45) is -1.60. The molecule has 96 valence electrons. The van der Waals surface area contributed by atoms with Gasteiger partial charge in [-0.1, -0.05) is 0 Å². The van der Waals surface area contributed by atoms with E-state index < -0.39 is 31.4 Å². The molecule has 2 atom stereocenters. The van der Waals surface area contributed by atoms with Crippen molar-refractivity contribution >= 4 is 5.97 Å². The van der Waals surface area contributed by atoms with Crippen LogP contribution in [0.1, 0.15) is 0 Å². The maximum Gasteiger partial charge on any atom is 0.332 e. The maximum atomic E-state index is 10.8. The van der Waals surface area contributed by atoms with E-state index in [1.165, 1.54) is 7.11 Å². The molecule has 0 bridgehead atoms. The van der Waals surface area contributed by atoms with Crippen LogP contribution in [0.5, 0.6) is 0 Å². The number of carbonyl (C=O) groups is 1. The molecule has 2 unspecified atom stereocenters. The molecule has 0 saturated heterocycles. The molecule has 0 heterocycles. The second kappa shape index (κ2) is 9.49. The van der Waals surface area contributed by atoms with E-state index >= 15 is 0 Å². The largest absolute Gasteiger partial charge is 0.456 e. The Labute approximate surface area is 93.5 Å². The summed E-state index contributed by atoms with van der Waals surface area (Å²) in [5.74, 6) is -0.770. The SMILES string of the molecule is COCC(COCC(O)CO)OC(=O)CO. The molecule has 16 heavy (non-hydrogen) atoms. The molecule has 0 aromatic carbocycles. The molecule has 7 heteroatoms. The van der Waals surface area contributed by atoms with Gasteiger partial charge < -0.3 is 29.5 Å². The van der Waals surface area contributed by atoms with E-state index in [-0.39, 0.29) is 19.8 Å². The van der Waals surface area contributed by atoms with Crippen LogP contribution in [0.15, 0.2) is 0 Å². The van der Waals surface area contributed by atoms with E-state index in [9.17, 15) is 4.79 Å². The number of aliphatic hydroxyl groups excluding tert-OH is 3. The smallest absolute Gasteiger partial charge is 0.332 e. The Morgan fingerprint density at radius 3 is 2.44 bits per heavy atom. The number of hydrogen-bond acceptors (Lipinski definition) is 7. The van der Waals surface area contributed by atoms with Gasteiger partial charge in [-0.25, -0.2) is 4.79 Å². The summed E-state index contributed by atoms with van der Waals surface area (Å²) in [6.45, 7) is -1.02. The highest BCUT2D eigenvalue weighted by molar-refractivity contribution is 5.70. The molecule has 7 nitrogen and oxygen atoms in total. The van der Waals surface area contributed by atoms with E-state index in [0.717, 1.165) is 0 Å². The number of rotatable bonds is 9. The van der Waals surface area contributed by atoms with Crippen molar-refractivity contribution in [2.45, 2.75) is 12.2 Å². The van der Waals surface area contributed by atoms with Gasteiger partial charge >= 0.3 is 5.97 Å². The van der Waals surface area contributed by atoms with Crippen molar-refractivity contribution in [3.63, 3.8) is 0 Å².